The number of rotatable bonds is 7. The summed E-state index contributed by atoms with van der Waals surface area (Å²) >= 11 is 0. The second kappa shape index (κ2) is 9.65. The van der Waals surface area contributed by atoms with Gasteiger partial charge in [-0.3, -0.25) is 9.59 Å². The first kappa shape index (κ1) is 22.3. The van der Waals surface area contributed by atoms with E-state index in [0.29, 0.717) is 22.7 Å². The average Bonchev–Trinajstić information content (AvgIpc) is 2.78. The van der Waals surface area contributed by atoms with Crippen LogP contribution >= 0.6 is 0 Å². The van der Waals surface area contributed by atoms with Gasteiger partial charge in [0, 0.05) is 24.9 Å². The van der Waals surface area contributed by atoms with Crippen LogP contribution < -0.4 is 20.9 Å². The number of benzene rings is 1. The third-order valence-electron chi connectivity index (χ3n) is 4.69. The third kappa shape index (κ3) is 5.22. The first-order valence-corrected chi connectivity index (χ1v) is 9.57. The third-order valence-corrected chi connectivity index (χ3v) is 4.69. The summed E-state index contributed by atoms with van der Waals surface area (Å²) in [4.78, 5) is 40.5. The highest BCUT2D eigenvalue weighted by Crippen LogP contribution is 2.25. The van der Waals surface area contributed by atoms with E-state index in [2.05, 4.69) is 15.6 Å². The molecule has 1 atom stereocenters. The Morgan fingerprint density at radius 3 is 2.66 bits per heavy atom. The van der Waals surface area contributed by atoms with Crippen molar-refractivity contribution in [1.82, 2.24) is 14.9 Å². The summed E-state index contributed by atoms with van der Waals surface area (Å²) in [7, 11) is 2.97. The van der Waals surface area contributed by atoms with Crippen LogP contribution in [0.3, 0.4) is 0 Å². The Labute approximate surface area is 183 Å². The van der Waals surface area contributed by atoms with Gasteiger partial charge in [-0.1, -0.05) is 24.3 Å². The first-order valence-electron chi connectivity index (χ1n) is 9.57. The van der Waals surface area contributed by atoms with Gasteiger partial charge in [0.05, 0.1) is 25.3 Å². The molecule has 0 unspecified atom stereocenters. The highest BCUT2D eigenvalue weighted by Gasteiger charge is 2.20. The molecule has 166 valence electrons. The van der Waals surface area contributed by atoms with Crippen LogP contribution in [-0.4, -0.2) is 38.9 Å². The van der Waals surface area contributed by atoms with E-state index in [9.17, 15) is 24.6 Å². The van der Waals surface area contributed by atoms with Crippen LogP contribution in [-0.2, 0) is 11.8 Å². The van der Waals surface area contributed by atoms with Crippen molar-refractivity contribution in [2.45, 2.75) is 12.5 Å². The second-order valence-electron chi connectivity index (χ2n) is 6.93. The van der Waals surface area contributed by atoms with Gasteiger partial charge in [-0.25, -0.2) is 9.78 Å². The zero-order chi connectivity index (χ0) is 23.3. The number of nitrogens with one attached hydrogen (secondary N) is 2. The fourth-order valence-corrected chi connectivity index (χ4v) is 3.08. The number of aliphatic carboxylic acids is 1. The van der Waals surface area contributed by atoms with E-state index in [1.807, 2.05) is 0 Å². The van der Waals surface area contributed by atoms with Crippen LogP contribution in [0.5, 0.6) is 11.6 Å². The number of carboxylic acid groups (broad SMARTS) is 1. The maximum absolute atomic E-state index is 12.5. The molecule has 1 aromatic carbocycles. The SMILES string of the molecule is COc1cccc(-c2cccc([C@H](CC(=O)O)NC(=O)Nc3c(O)ccn(C)c3=O)c2)n1. The lowest BCUT2D eigenvalue weighted by Crippen LogP contribution is -2.36. The lowest BCUT2D eigenvalue weighted by atomic mass is 10.00. The number of aromatic nitrogens is 2. The number of urea groups is 1. The van der Waals surface area contributed by atoms with E-state index in [1.54, 1.807) is 42.5 Å². The Balaban J connectivity index is 1.87. The van der Waals surface area contributed by atoms with Gasteiger partial charge in [-0.05, 0) is 23.8 Å². The summed E-state index contributed by atoms with van der Waals surface area (Å²) in [6.45, 7) is 0. The number of ether oxygens (including phenoxy) is 1. The van der Waals surface area contributed by atoms with Crippen LogP contribution in [0, 0.1) is 0 Å². The van der Waals surface area contributed by atoms with Crippen molar-refractivity contribution in [3.63, 3.8) is 0 Å². The summed E-state index contributed by atoms with van der Waals surface area (Å²) in [5, 5.41) is 24.1. The lowest BCUT2D eigenvalue weighted by Gasteiger charge is -2.19. The molecule has 4 N–H and O–H groups in total. The van der Waals surface area contributed by atoms with Gasteiger partial charge in [-0.2, -0.15) is 0 Å². The normalized spacial score (nSPS) is 11.4. The van der Waals surface area contributed by atoms with Gasteiger partial charge in [0.2, 0.25) is 5.88 Å². The number of pyridine rings is 2. The molecule has 0 saturated heterocycles. The molecule has 10 nitrogen and oxygen atoms in total. The molecule has 3 rings (SSSR count). The van der Waals surface area contributed by atoms with E-state index in [-0.39, 0.29) is 5.69 Å². The molecule has 0 aliphatic carbocycles. The molecule has 2 heterocycles. The number of hydrogen-bond donors (Lipinski definition) is 4. The Hall–Kier alpha value is -4.34. The molecule has 0 bridgehead atoms. The molecule has 10 heteroatoms. The van der Waals surface area contributed by atoms with Crippen LogP contribution in [0.2, 0.25) is 0 Å². The molecular formula is C22H22N4O6. The second-order valence-corrected chi connectivity index (χ2v) is 6.93. The number of hydrogen-bond acceptors (Lipinski definition) is 6. The summed E-state index contributed by atoms with van der Waals surface area (Å²) in [6, 6.07) is 11.7. The molecule has 32 heavy (non-hydrogen) atoms. The van der Waals surface area contributed by atoms with Crippen molar-refractivity contribution in [3.05, 3.63) is 70.6 Å². The molecular weight excluding hydrogens is 416 g/mol. The van der Waals surface area contributed by atoms with Crippen LogP contribution in [0.25, 0.3) is 11.3 Å². The number of aromatic hydroxyl groups is 1. The zero-order valence-electron chi connectivity index (χ0n) is 17.4. The molecule has 0 saturated carbocycles. The number of carboxylic acids is 1. The van der Waals surface area contributed by atoms with Crippen molar-refractivity contribution in [3.8, 4) is 22.9 Å². The molecule has 0 aliphatic rings. The van der Waals surface area contributed by atoms with Gasteiger partial charge in [0.15, 0.2) is 5.69 Å². The van der Waals surface area contributed by atoms with Gasteiger partial charge in [0.25, 0.3) is 5.56 Å². The maximum atomic E-state index is 12.5. The summed E-state index contributed by atoms with van der Waals surface area (Å²) in [6.07, 6.45) is 0.952. The van der Waals surface area contributed by atoms with Crippen molar-refractivity contribution in [1.29, 1.82) is 0 Å². The monoisotopic (exact) mass is 438 g/mol. The predicted octanol–water partition coefficient (Wildman–Crippen LogP) is 2.50. The highest BCUT2D eigenvalue weighted by molar-refractivity contribution is 5.91. The Morgan fingerprint density at radius 2 is 1.94 bits per heavy atom. The molecule has 0 fully saturated rings. The van der Waals surface area contributed by atoms with Gasteiger partial charge < -0.3 is 30.2 Å². The van der Waals surface area contributed by atoms with Crippen molar-refractivity contribution < 1.29 is 24.5 Å². The van der Waals surface area contributed by atoms with E-state index in [4.69, 9.17) is 4.74 Å². The number of carbonyl (C=O) groups is 2. The fraction of sp³-hybridized carbons (Fsp3) is 0.182. The van der Waals surface area contributed by atoms with Gasteiger partial charge in [-0.15, -0.1) is 0 Å². The minimum absolute atomic E-state index is 0.309. The molecule has 3 aromatic rings. The Bertz CT molecular complexity index is 1210. The number of anilines is 1. The average molecular weight is 438 g/mol. The summed E-state index contributed by atoms with van der Waals surface area (Å²) in [5.41, 5.74) is 0.919. The van der Waals surface area contributed by atoms with E-state index in [1.165, 1.54) is 31.0 Å². The first-order chi connectivity index (χ1) is 15.3. The van der Waals surface area contributed by atoms with Crippen LogP contribution in [0.4, 0.5) is 10.5 Å². The molecule has 0 aliphatic heterocycles. The Morgan fingerprint density at radius 1 is 1.19 bits per heavy atom. The zero-order valence-corrected chi connectivity index (χ0v) is 17.4. The summed E-state index contributed by atoms with van der Waals surface area (Å²) in [5.74, 6) is -1.10. The fourth-order valence-electron chi connectivity index (χ4n) is 3.08. The van der Waals surface area contributed by atoms with Gasteiger partial charge >= 0.3 is 12.0 Å². The number of amides is 2. The quantitative estimate of drug-likeness (QED) is 0.444. The molecule has 0 spiro atoms. The highest BCUT2D eigenvalue weighted by atomic mass is 16.5. The summed E-state index contributed by atoms with van der Waals surface area (Å²) < 4.78 is 6.33. The molecule has 0 radical (unpaired) electrons. The largest absolute Gasteiger partial charge is 0.505 e. The predicted molar refractivity (Wildman–Crippen MR) is 117 cm³/mol. The van der Waals surface area contributed by atoms with Crippen LogP contribution in [0.1, 0.15) is 18.0 Å². The number of aryl methyl sites for hydroxylation is 1. The van der Waals surface area contributed by atoms with Crippen molar-refractivity contribution in [2.75, 3.05) is 12.4 Å². The number of methoxy groups -OCH3 is 1. The number of nitrogens with zero attached hydrogens (tertiary/aromatic N) is 2. The minimum atomic E-state index is -1.13. The molecule has 2 aromatic heterocycles. The van der Waals surface area contributed by atoms with E-state index >= 15 is 0 Å². The number of carbonyl (C=O) groups excluding carboxylic acids is 1. The van der Waals surface area contributed by atoms with Crippen molar-refractivity contribution in [2.24, 2.45) is 7.05 Å². The minimum Gasteiger partial charge on any atom is -0.505 e. The maximum Gasteiger partial charge on any atom is 0.319 e. The standard InChI is InChI=1S/C22H22N4O6/c1-26-10-9-17(27)20(21(26)30)25-22(31)24-16(12-19(28)29)14-6-3-5-13(11-14)15-7-4-8-18(23-15)32-2/h3-11,16,27H,12H2,1-2H3,(H,28,29)(H2,24,25,31)/t16-/m0/s1. The smallest absolute Gasteiger partial charge is 0.319 e. The van der Waals surface area contributed by atoms with E-state index in [0.717, 1.165) is 0 Å². The van der Waals surface area contributed by atoms with E-state index < -0.39 is 35.8 Å². The van der Waals surface area contributed by atoms with Crippen LogP contribution in [0.15, 0.2) is 59.5 Å². The van der Waals surface area contributed by atoms with Crippen molar-refractivity contribution >= 4 is 17.7 Å². The lowest BCUT2D eigenvalue weighted by molar-refractivity contribution is -0.137. The molecule has 2 amide bonds. The topological polar surface area (TPSA) is 143 Å². The van der Waals surface area contributed by atoms with Gasteiger partial charge in [0.1, 0.15) is 5.75 Å². The Kier molecular flexibility index (Phi) is 6.74.